The van der Waals surface area contributed by atoms with Crippen LogP contribution in [0.15, 0.2) is 30.3 Å². The lowest BCUT2D eigenvalue weighted by Crippen LogP contribution is -2.52. The predicted molar refractivity (Wildman–Crippen MR) is 158 cm³/mol. The number of amides is 4. The second-order valence-corrected chi connectivity index (χ2v) is 12.9. The van der Waals surface area contributed by atoms with Gasteiger partial charge in [0.05, 0.1) is 6.10 Å². The van der Waals surface area contributed by atoms with Crippen molar-refractivity contribution in [2.75, 3.05) is 31.1 Å². The predicted octanol–water partition coefficient (Wildman–Crippen LogP) is 4.79. The lowest BCUT2D eigenvalue weighted by molar-refractivity contribution is -0.135. The van der Waals surface area contributed by atoms with Gasteiger partial charge in [-0.1, -0.05) is 39.0 Å². The Morgan fingerprint density at radius 1 is 0.975 bits per heavy atom. The molecule has 222 valence electrons. The van der Waals surface area contributed by atoms with Gasteiger partial charge in [-0.25, -0.2) is 4.79 Å². The van der Waals surface area contributed by atoms with Gasteiger partial charge in [0.1, 0.15) is 0 Å². The zero-order valence-electron chi connectivity index (χ0n) is 24.8. The number of nitrogens with zero attached hydrogens (tertiary/aromatic N) is 3. The van der Waals surface area contributed by atoms with Crippen molar-refractivity contribution in [3.05, 3.63) is 30.3 Å². The SMILES string of the molecule is CC1CC2CC(CC(C)(C(N)=O)C2)C1O.CCC(=O)N(c1ccccc1)C1CCN(C(=O)N2CCCCC2)CC1. The molecule has 1 aromatic carbocycles. The van der Waals surface area contributed by atoms with E-state index in [1.807, 2.05) is 58.9 Å². The number of primary amides is 1. The van der Waals surface area contributed by atoms with Crippen LogP contribution in [0.1, 0.15) is 85.0 Å². The summed E-state index contributed by atoms with van der Waals surface area (Å²) in [7, 11) is 0. The van der Waals surface area contributed by atoms with Crippen molar-refractivity contribution in [3.8, 4) is 0 Å². The maximum atomic E-state index is 12.7. The third kappa shape index (κ3) is 6.99. The van der Waals surface area contributed by atoms with E-state index in [4.69, 9.17) is 5.73 Å². The lowest BCUT2D eigenvalue weighted by atomic mass is 9.58. The molecule has 8 nitrogen and oxygen atoms in total. The Kier molecular flexibility index (Phi) is 10.1. The standard InChI is InChI=1S/C20H29N3O2.C12H21NO2/c1-2-19(24)23(17-9-5-3-6-10-17)18-11-15-22(16-12-18)20(25)21-13-7-4-8-14-21;1-7-3-8-4-9(10(7)14)6-12(2,5-8)11(13)15/h3,5-6,9-10,18H,2,4,7-8,11-16H2,1H3;7-10,14H,3-6H2,1-2H3,(H2,13,15). The molecular formula is C32H50N4O4. The molecule has 5 unspecified atom stereocenters. The molecule has 0 aromatic heterocycles. The van der Waals surface area contributed by atoms with E-state index in [-0.39, 0.29) is 41.3 Å². The Labute approximate surface area is 240 Å². The van der Waals surface area contributed by atoms with Gasteiger partial charge >= 0.3 is 6.03 Å². The minimum absolute atomic E-state index is 0.159. The highest BCUT2D eigenvalue weighted by Crippen LogP contribution is 2.50. The number of fused-ring (bicyclic) bond motifs is 2. The third-order valence-corrected chi connectivity index (χ3v) is 9.79. The van der Waals surface area contributed by atoms with Crippen LogP contribution in [-0.4, -0.2) is 71.1 Å². The highest BCUT2D eigenvalue weighted by Gasteiger charge is 2.47. The van der Waals surface area contributed by atoms with Crippen LogP contribution in [0.5, 0.6) is 0 Å². The van der Waals surface area contributed by atoms with Crippen molar-refractivity contribution >= 4 is 23.5 Å². The summed E-state index contributed by atoms with van der Waals surface area (Å²) in [5.74, 6) is 1.21. The molecular weight excluding hydrogens is 504 g/mol. The number of likely N-dealkylation sites (tertiary alicyclic amines) is 2. The van der Waals surface area contributed by atoms with Crippen molar-refractivity contribution in [2.45, 2.75) is 97.1 Å². The zero-order valence-corrected chi connectivity index (χ0v) is 24.8. The number of nitrogens with two attached hydrogens (primary N) is 1. The van der Waals surface area contributed by atoms with E-state index in [0.29, 0.717) is 18.3 Å². The Bertz CT molecular complexity index is 1000. The van der Waals surface area contributed by atoms with Crippen LogP contribution >= 0.6 is 0 Å². The molecule has 4 amide bonds. The second-order valence-electron chi connectivity index (χ2n) is 12.9. The van der Waals surface area contributed by atoms with E-state index in [1.165, 1.54) is 6.42 Å². The van der Waals surface area contributed by atoms with E-state index in [2.05, 4.69) is 6.92 Å². The summed E-state index contributed by atoms with van der Waals surface area (Å²) in [6.45, 7) is 9.23. The molecule has 2 aliphatic carbocycles. The highest BCUT2D eigenvalue weighted by molar-refractivity contribution is 5.93. The van der Waals surface area contributed by atoms with Gasteiger partial charge in [0, 0.05) is 49.7 Å². The molecule has 2 bridgehead atoms. The van der Waals surface area contributed by atoms with Gasteiger partial charge in [0.2, 0.25) is 11.8 Å². The summed E-state index contributed by atoms with van der Waals surface area (Å²) >= 11 is 0. The topological polar surface area (TPSA) is 107 Å². The first kappa shape index (κ1) is 30.4. The molecule has 0 spiro atoms. The summed E-state index contributed by atoms with van der Waals surface area (Å²) < 4.78 is 0. The van der Waals surface area contributed by atoms with Crippen molar-refractivity contribution in [3.63, 3.8) is 0 Å². The van der Waals surface area contributed by atoms with Crippen molar-refractivity contribution in [1.82, 2.24) is 9.80 Å². The van der Waals surface area contributed by atoms with Crippen LogP contribution in [0.25, 0.3) is 0 Å². The monoisotopic (exact) mass is 554 g/mol. The minimum atomic E-state index is -0.380. The summed E-state index contributed by atoms with van der Waals surface area (Å²) in [4.78, 5) is 42.5. The van der Waals surface area contributed by atoms with Crippen LogP contribution in [0.2, 0.25) is 0 Å². The van der Waals surface area contributed by atoms with Gasteiger partial charge in [-0.2, -0.15) is 0 Å². The van der Waals surface area contributed by atoms with E-state index >= 15 is 0 Å². The molecule has 4 fully saturated rings. The van der Waals surface area contributed by atoms with Gasteiger partial charge in [-0.05, 0) is 87.7 Å². The summed E-state index contributed by atoms with van der Waals surface area (Å²) in [5.41, 5.74) is 6.05. The number of urea groups is 1. The first-order chi connectivity index (χ1) is 19.1. The van der Waals surface area contributed by atoms with Crippen LogP contribution in [-0.2, 0) is 9.59 Å². The number of para-hydroxylation sites is 1. The molecule has 40 heavy (non-hydrogen) atoms. The van der Waals surface area contributed by atoms with Crippen molar-refractivity contribution < 1.29 is 19.5 Å². The normalized spacial score (nSPS) is 30.6. The second kappa shape index (κ2) is 13.4. The summed E-state index contributed by atoms with van der Waals surface area (Å²) in [6, 6.07) is 10.3. The lowest BCUT2D eigenvalue weighted by Gasteiger charge is -2.48. The minimum Gasteiger partial charge on any atom is -0.393 e. The van der Waals surface area contributed by atoms with Gasteiger partial charge in [0.15, 0.2) is 0 Å². The largest absolute Gasteiger partial charge is 0.393 e. The Morgan fingerprint density at radius 2 is 1.60 bits per heavy atom. The molecule has 2 heterocycles. The number of carbonyl (C=O) groups is 3. The molecule has 4 aliphatic rings. The Balaban J connectivity index is 0.000000210. The molecule has 1 aromatic rings. The van der Waals surface area contributed by atoms with Gasteiger partial charge < -0.3 is 25.5 Å². The van der Waals surface area contributed by atoms with E-state index in [0.717, 1.165) is 83.2 Å². The molecule has 8 heteroatoms. The quantitative estimate of drug-likeness (QED) is 0.558. The molecule has 5 atom stereocenters. The highest BCUT2D eigenvalue weighted by atomic mass is 16.3. The number of carbonyl (C=O) groups excluding carboxylic acids is 3. The first-order valence-electron chi connectivity index (χ1n) is 15.5. The Morgan fingerprint density at radius 3 is 2.20 bits per heavy atom. The number of piperidine rings is 2. The van der Waals surface area contributed by atoms with Crippen LogP contribution in [0.3, 0.4) is 0 Å². The van der Waals surface area contributed by atoms with Crippen LogP contribution in [0, 0.1) is 23.2 Å². The average molecular weight is 555 g/mol. The Hall–Kier alpha value is -2.61. The average Bonchev–Trinajstić information content (AvgIpc) is 2.97. The summed E-state index contributed by atoms with van der Waals surface area (Å²) in [5, 5.41) is 10.1. The molecule has 5 rings (SSSR count). The third-order valence-electron chi connectivity index (χ3n) is 9.79. The number of aliphatic hydroxyl groups excluding tert-OH is 1. The smallest absolute Gasteiger partial charge is 0.319 e. The number of benzene rings is 1. The fourth-order valence-corrected chi connectivity index (χ4v) is 7.58. The fourth-order valence-electron chi connectivity index (χ4n) is 7.58. The van der Waals surface area contributed by atoms with Crippen molar-refractivity contribution in [2.24, 2.45) is 28.9 Å². The maximum absolute atomic E-state index is 12.7. The first-order valence-corrected chi connectivity index (χ1v) is 15.5. The van der Waals surface area contributed by atoms with E-state index < -0.39 is 0 Å². The molecule has 2 saturated carbocycles. The number of anilines is 1. The number of aliphatic hydroxyl groups is 1. The van der Waals surface area contributed by atoms with Gasteiger partial charge in [-0.15, -0.1) is 0 Å². The van der Waals surface area contributed by atoms with Crippen LogP contribution < -0.4 is 10.6 Å². The zero-order chi connectivity index (χ0) is 28.9. The number of hydrogen-bond donors (Lipinski definition) is 2. The maximum Gasteiger partial charge on any atom is 0.319 e. The molecule has 2 aliphatic heterocycles. The molecule has 2 saturated heterocycles. The molecule has 3 N–H and O–H groups in total. The van der Waals surface area contributed by atoms with Crippen LogP contribution in [0.4, 0.5) is 10.5 Å². The van der Waals surface area contributed by atoms with E-state index in [9.17, 15) is 19.5 Å². The number of hydrogen-bond acceptors (Lipinski definition) is 4. The van der Waals surface area contributed by atoms with E-state index in [1.54, 1.807) is 0 Å². The fraction of sp³-hybridized carbons (Fsp3) is 0.719. The number of rotatable bonds is 4. The summed E-state index contributed by atoms with van der Waals surface area (Å²) in [6.07, 6.45) is 9.23. The molecule has 0 radical (unpaired) electrons. The van der Waals surface area contributed by atoms with Gasteiger partial charge in [-0.3, -0.25) is 9.59 Å². The van der Waals surface area contributed by atoms with Gasteiger partial charge in [0.25, 0.3) is 0 Å². The van der Waals surface area contributed by atoms with Crippen molar-refractivity contribution in [1.29, 1.82) is 0 Å².